The summed E-state index contributed by atoms with van der Waals surface area (Å²) in [4.78, 5) is 11.2. The third-order valence-electron chi connectivity index (χ3n) is 4.93. The van der Waals surface area contributed by atoms with Gasteiger partial charge in [-0.3, -0.25) is 9.89 Å². The minimum atomic E-state index is 0.508. The monoisotopic (exact) mass is 355 g/mol. The van der Waals surface area contributed by atoms with E-state index in [4.69, 9.17) is 4.42 Å². The summed E-state index contributed by atoms with van der Waals surface area (Å²) in [6, 6.07) is 8.84. The third kappa shape index (κ3) is 4.64. The van der Waals surface area contributed by atoms with Gasteiger partial charge in [0.15, 0.2) is 11.7 Å². The van der Waals surface area contributed by atoms with E-state index in [2.05, 4.69) is 63.6 Å². The largest absolute Gasteiger partial charge is 0.439 e. The minimum Gasteiger partial charge on any atom is -0.439 e. The number of aromatic nitrogens is 1. The van der Waals surface area contributed by atoms with Crippen LogP contribution in [0.25, 0.3) is 11.3 Å². The first kappa shape index (κ1) is 18.5. The number of nitrogens with one attached hydrogen (secondary N) is 2. The number of nitrogens with zero attached hydrogens (tertiary/aromatic N) is 3. The van der Waals surface area contributed by atoms with Crippen molar-refractivity contribution in [2.75, 3.05) is 26.7 Å². The van der Waals surface area contributed by atoms with Crippen LogP contribution < -0.4 is 10.6 Å². The third-order valence-corrected chi connectivity index (χ3v) is 4.93. The van der Waals surface area contributed by atoms with Crippen molar-refractivity contribution in [2.24, 2.45) is 4.99 Å². The summed E-state index contributed by atoms with van der Waals surface area (Å²) in [6.45, 7) is 8.02. The van der Waals surface area contributed by atoms with E-state index in [-0.39, 0.29) is 0 Å². The molecule has 1 unspecified atom stereocenters. The SMILES string of the molecule is CCN1CCCC1CNC(=NC)NCc1ncc(-c2ccc(C)cc2)o1. The molecule has 6 nitrogen and oxygen atoms in total. The van der Waals surface area contributed by atoms with Gasteiger partial charge in [-0.05, 0) is 32.9 Å². The van der Waals surface area contributed by atoms with Crippen molar-refractivity contribution in [1.29, 1.82) is 0 Å². The van der Waals surface area contributed by atoms with Gasteiger partial charge < -0.3 is 15.1 Å². The zero-order valence-electron chi connectivity index (χ0n) is 16.0. The van der Waals surface area contributed by atoms with Gasteiger partial charge in [0.2, 0.25) is 5.89 Å². The molecular weight excluding hydrogens is 326 g/mol. The van der Waals surface area contributed by atoms with E-state index in [9.17, 15) is 0 Å². The summed E-state index contributed by atoms with van der Waals surface area (Å²) in [5.41, 5.74) is 2.27. The molecular formula is C20H29N5O. The molecule has 1 fully saturated rings. The van der Waals surface area contributed by atoms with Crippen molar-refractivity contribution in [3.63, 3.8) is 0 Å². The number of oxazole rings is 1. The number of likely N-dealkylation sites (tertiary alicyclic amines) is 1. The van der Waals surface area contributed by atoms with Crippen LogP contribution in [0.3, 0.4) is 0 Å². The second kappa shape index (κ2) is 8.85. The van der Waals surface area contributed by atoms with Crippen LogP contribution in [0.5, 0.6) is 0 Å². The molecule has 0 bridgehead atoms. The van der Waals surface area contributed by atoms with Gasteiger partial charge in [-0.25, -0.2) is 4.98 Å². The van der Waals surface area contributed by atoms with E-state index < -0.39 is 0 Å². The van der Waals surface area contributed by atoms with Gasteiger partial charge >= 0.3 is 0 Å². The quantitative estimate of drug-likeness (QED) is 0.616. The summed E-state index contributed by atoms with van der Waals surface area (Å²) in [6.07, 6.45) is 4.30. The molecule has 2 aromatic rings. The molecule has 6 heteroatoms. The Bertz CT molecular complexity index is 722. The maximum atomic E-state index is 5.85. The lowest BCUT2D eigenvalue weighted by molar-refractivity contribution is 0.267. The lowest BCUT2D eigenvalue weighted by Crippen LogP contribution is -2.44. The molecule has 1 aliphatic heterocycles. The van der Waals surface area contributed by atoms with Gasteiger partial charge in [-0.15, -0.1) is 0 Å². The molecule has 0 amide bonds. The molecule has 0 spiro atoms. The average molecular weight is 355 g/mol. The van der Waals surface area contributed by atoms with E-state index in [1.165, 1.54) is 24.9 Å². The Morgan fingerprint density at radius 2 is 2.12 bits per heavy atom. The lowest BCUT2D eigenvalue weighted by atomic mass is 10.1. The number of rotatable bonds is 6. The molecule has 1 aromatic carbocycles. The topological polar surface area (TPSA) is 65.7 Å². The Balaban J connectivity index is 1.50. The standard InChI is InChI=1S/C20H29N5O/c1-4-25-11-5-6-17(25)12-23-20(21-3)24-14-19-22-13-18(26-19)16-9-7-15(2)8-10-16/h7-10,13,17H,4-6,11-12,14H2,1-3H3,(H2,21,23,24). The van der Waals surface area contributed by atoms with E-state index in [1.807, 2.05) is 0 Å². The van der Waals surface area contributed by atoms with Crippen LogP contribution in [-0.4, -0.2) is 48.6 Å². The second-order valence-electron chi connectivity index (χ2n) is 6.72. The molecule has 26 heavy (non-hydrogen) atoms. The van der Waals surface area contributed by atoms with Crippen molar-refractivity contribution >= 4 is 5.96 Å². The average Bonchev–Trinajstić information content (AvgIpc) is 3.31. The van der Waals surface area contributed by atoms with Crippen LogP contribution in [0.15, 0.2) is 39.9 Å². The van der Waals surface area contributed by atoms with Crippen LogP contribution in [0, 0.1) is 6.92 Å². The van der Waals surface area contributed by atoms with Crippen molar-refractivity contribution in [2.45, 2.75) is 39.3 Å². The van der Waals surface area contributed by atoms with Crippen molar-refractivity contribution in [3.05, 3.63) is 41.9 Å². The van der Waals surface area contributed by atoms with E-state index in [0.29, 0.717) is 18.5 Å². The minimum absolute atomic E-state index is 0.508. The van der Waals surface area contributed by atoms with Crippen molar-refractivity contribution < 1.29 is 4.42 Å². The number of hydrogen-bond acceptors (Lipinski definition) is 4. The fourth-order valence-corrected chi connectivity index (χ4v) is 3.38. The number of aryl methyl sites for hydroxylation is 1. The van der Waals surface area contributed by atoms with Gasteiger partial charge in [0, 0.05) is 25.2 Å². The Kier molecular flexibility index (Phi) is 6.28. The molecule has 1 aliphatic rings. The van der Waals surface area contributed by atoms with Gasteiger partial charge in [0.1, 0.15) is 0 Å². The summed E-state index contributed by atoms with van der Waals surface area (Å²) < 4.78 is 5.85. The van der Waals surface area contributed by atoms with Crippen LogP contribution in [0.1, 0.15) is 31.2 Å². The Labute approximate surface area is 155 Å². The molecule has 0 aliphatic carbocycles. The fourth-order valence-electron chi connectivity index (χ4n) is 3.38. The number of aliphatic imine (C=N–C) groups is 1. The molecule has 1 atom stereocenters. The molecule has 1 saturated heterocycles. The van der Waals surface area contributed by atoms with E-state index in [1.54, 1.807) is 13.2 Å². The zero-order valence-corrected chi connectivity index (χ0v) is 16.0. The van der Waals surface area contributed by atoms with Gasteiger partial charge in [0.05, 0.1) is 12.7 Å². The maximum Gasteiger partial charge on any atom is 0.214 e. The zero-order chi connectivity index (χ0) is 18.4. The Morgan fingerprint density at radius 3 is 2.85 bits per heavy atom. The lowest BCUT2D eigenvalue weighted by Gasteiger charge is -2.23. The number of benzene rings is 1. The van der Waals surface area contributed by atoms with Crippen LogP contribution in [-0.2, 0) is 6.54 Å². The first-order valence-corrected chi connectivity index (χ1v) is 9.40. The highest BCUT2D eigenvalue weighted by molar-refractivity contribution is 5.79. The molecule has 0 radical (unpaired) electrons. The molecule has 140 valence electrons. The van der Waals surface area contributed by atoms with Crippen LogP contribution >= 0.6 is 0 Å². The summed E-state index contributed by atoms with van der Waals surface area (Å²) in [5, 5.41) is 6.70. The van der Waals surface area contributed by atoms with E-state index in [0.717, 1.165) is 30.4 Å². The molecule has 0 saturated carbocycles. The van der Waals surface area contributed by atoms with E-state index >= 15 is 0 Å². The highest BCUT2D eigenvalue weighted by atomic mass is 16.4. The first-order valence-electron chi connectivity index (χ1n) is 9.40. The predicted octanol–water partition coefficient (Wildman–Crippen LogP) is 2.80. The Hall–Kier alpha value is -2.34. The molecule has 2 heterocycles. The summed E-state index contributed by atoms with van der Waals surface area (Å²) in [5.74, 6) is 2.22. The number of likely N-dealkylation sites (N-methyl/N-ethyl adjacent to an activating group) is 1. The second-order valence-corrected chi connectivity index (χ2v) is 6.72. The molecule has 2 N–H and O–H groups in total. The van der Waals surface area contributed by atoms with Crippen molar-refractivity contribution in [1.82, 2.24) is 20.5 Å². The Morgan fingerprint density at radius 1 is 1.31 bits per heavy atom. The molecule has 1 aromatic heterocycles. The maximum absolute atomic E-state index is 5.85. The first-order chi connectivity index (χ1) is 12.7. The molecule has 3 rings (SSSR count). The highest BCUT2D eigenvalue weighted by Crippen LogP contribution is 2.20. The number of guanidine groups is 1. The van der Waals surface area contributed by atoms with Crippen LogP contribution in [0.2, 0.25) is 0 Å². The van der Waals surface area contributed by atoms with Crippen molar-refractivity contribution in [3.8, 4) is 11.3 Å². The normalized spacial score (nSPS) is 18.3. The number of hydrogen-bond donors (Lipinski definition) is 2. The van der Waals surface area contributed by atoms with Gasteiger partial charge in [0.25, 0.3) is 0 Å². The predicted molar refractivity (Wildman–Crippen MR) is 105 cm³/mol. The highest BCUT2D eigenvalue weighted by Gasteiger charge is 2.22. The van der Waals surface area contributed by atoms with Crippen LogP contribution in [0.4, 0.5) is 0 Å². The summed E-state index contributed by atoms with van der Waals surface area (Å²) >= 11 is 0. The fraction of sp³-hybridized carbons (Fsp3) is 0.500. The smallest absolute Gasteiger partial charge is 0.214 e. The van der Waals surface area contributed by atoms with Gasteiger partial charge in [-0.2, -0.15) is 0 Å². The van der Waals surface area contributed by atoms with Gasteiger partial charge in [-0.1, -0.05) is 36.8 Å². The summed E-state index contributed by atoms with van der Waals surface area (Å²) in [7, 11) is 1.79.